The number of aryl methyl sites for hydroxylation is 1. The van der Waals surface area contributed by atoms with Crippen molar-refractivity contribution >= 4 is 45.9 Å². The Morgan fingerprint density at radius 1 is 1.08 bits per heavy atom. The molecule has 0 spiro atoms. The fourth-order valence-electron chi connectivity index (χ4n) is 10.5. The molecule has 5 fully saturated rings. The van der Waals surface area contributed by atoms with Gasteiger partial charge in [0, 0.05) is 52.0 Å². The zero-order valence-electron chi connectivity index (χ0n) is 35.8. The van der Waals surface area contributed by atoms with E-state index >= 15 is 0 Å². The number of morpholine rings is 1. The second-order valence-electron chi connectivity index (χ2n) is 18.0. The molecular formula is C45H51F2N11O6. The normalized spacial score (nSPS) is 26.2. The van der Waals surface area contributed by atoms with E-state index in [-0.39, 0.29) is 72.5 Å². The van der Waals surface area contributed by atoms with Crippen molar-refractivity contribution in [2.75, 3.05) is 49.6 Å². The third-order valence-corrected chi connectivity index (χ3v) is 13.8. The lowest BCUT2D eigenvalue weighted by Crippen LogP contribution is -2.45. The highest BCUT2D eigenvalue weighted by Crippen LogP contribution is 2.37. The van der Waals surface area contributed by atoms with Crippen LogP contribution in [0.1, 0.15) is 98.4 Å². The van der Waals surface area contributed by atoms with Gasteiger partial charge in [0.25, 0.3) is 12.3 Å². The number of amides is 3. The molecule has 2 bridgehead atoms. The molecule has 4 aliphatic heterocycles. The molecule has 19 heteroatoms. The summed E-state index contributed by atoms with van der Waals surface area (Å²) in [6, 6.07) is 6.73. The van der Waals surface area contributed by atoms with Crippen molar-refractivity contribution in [2.24, 2.45) is 18.9 Å². The molecule has 5 atom stereocenters. The molecule has 3 amide bonds. The van der Waals surface area contributed by atoms with Gasteiger partial charge >= 0.3 is 5.69 Å². The van der Waals surface area contributed by atoms with Crippen molar-refractivity contribution in [3.8, 4) is 11.8 Å². The predicted octanol–water partition coefficient (Wildman–Crippen LogP) is 4.23. The number of nitrogens with zero attached hydrogens (tertiary/aromatic N) is 9. The number of benzene rings is 1. The molecule has 10 rings (SSSR count). The van der Waals surface area contributed by atoms with E-state index in [1.807, 2.05) is 18.2 Å². The number of likely N-dealkylation sites (tertiary alicyclic amines) is 1. The topological polar surface area (TPSA) is 175 Å². The van der Waals surface area contributed by atoms with Gasteiger partial charge in [0.05, 0.1) is 59.4 Å². The summed E-state index contributed by atoms with van der Waals surface area (Å²) < 4.78 is 46.7. The monoisotopic (exact) mass is 879 g/mol. The Hall–Kier alpha value is -5.97. The summed E-state index contributed by atoms with van der Waals surface area (Å²) in [5.41, 5.74) is 1.62. The van der Waals surface area contributed by atoms with Crippen LogP contribution in [-0.2, 0) is 26.1 Å². The van der Waals surface area contributed by atoms with Gasteiger partial charge < -0.3 is 24.6 Å². The highest BCUT2D eigenvalue weighted by Gasteiger charge is 2.40. The highest BCUT2D eigenvalue weighted by molar-refractivity contribution is 6.08. The molecule has 1 aromatic carbocycles. The summed E-state index contributed by atoms with van der Waals surface area (Å²) in [5, 5.41) is 13.6. The van der Waals surface area contributed by atoms with E-state index < -0.39 is 30.0 Å². The number of aromatic nitrogens is 7. The number of hydrogen-bond acceptors (Lipinski definition) is 11. The lowest BCUT2D eigenvalue weighted by atomic mass is 9.85. The van der Waals surface area contributed by atoms with E-state index in [9.17, 15) is 28.0 Å². The van der Waals surface area contributed by atoms with Gasteiger partial charge in [-0.1, -0.05) is 24.8 Å². The van der Waals surface area contributed by atoms with E-state index in [2.05, 4.69) is 49.4 Å². The van der Waals surface area contributed by atoms with E-state index in [0.29, 0.717) is 34.8 Å². The Balaban J connectivity index is 0.711. The first-order valence-corrected chi connectivity index (χ1v) is 22.3. The molecule has 0 unspecified atom stereocenters. The number of ether oxygens (including phenoxy) is 2. The summed E-state index contributed by atoms with van der Waals surface area (Å²) in [6.07, 6.45) is 7.77. The van der Waals surface area contributed by atoms with Gasteiger partial charge in [0.2, 0.25) is 11.8 Å². The lowest BCUT2D eigenvalue weighted by molar-refractivity contribution is -0.135. The molecular weight excluding hydrogens is 829 g/mol. The van der Waals surface area contributed by atoms with Crippen LogP contribution < -0.4 is 21.2 Å². The number of hydrogen-bond donors (Lipinski definition) is 2. The number of fused-ring (bicyclic) bond motifs is 4. The second-order valence-corrected chi connectivity index (χ2v) is 18.0. The molecule has 17 nitrogen and oxygen atoms in total. The van der Waals surface area contributed by atoms with Gasteiger partial charge in [-0.15, -0.1) is 0 Å². The number of carbonyl (C=O) groups is 3. The van der Waals surface area contributed by atoms with Gasteiger partial charge in [-0.3, -0.25) is 33.5 Å². The molecule has 1 saturated carbocycles. The fourth-order valence-corrected chi connectivity index (χ4v) is 10.5. The minimum atomic E-state index is -2.87. The van der Waals surface area contributed by atoms with Crippen LogP contribution in [0, 0.1) is 23.7 Å². The molecule has 336 valence electrons. The van der Waals surface area contributed by atoms with Crippen molar-refractivity contribution in [1.82, 2.24) is 43.7 Å². The van der Waals surface area contributed by atoms with E-state index in [1.165, 1.54) is 26.0 Å². The molecule has 64 heavy (non-hydrogen) atoms. The average Bonchev–Trinajstić information content (AvgIpc) is 4.13. The van der Waals surface area contributed by atoms with E-state index in [1.54, 1.807) is 24.0 Å². The van der Waals surface area contributed by atoms with Crippen LogP contribution in [0.5, 0.6) is 0 Å². The van der Waals surface area contributed by atoms with Crippen LogP contribution in [0.3, 0.4) is 0 Å². The van der Waals surface area contributed by atoms with Crippen LogP contribution in [-0.4, -0.2) is 114 Å². The maximum Gasteiger partial charge on any atom is 0.329 e. The largest absolute Gasteiger partial charge is 0.374 e. The zero-order valence-corrected chi connectivity index (χ0v) is 35.8. The quantitative estimate of drug-likeness (QED) is 0.152. The number of imidazole rings is 1. The summed E-state index contributed by atoms with van der Waals surface area (Å²) in [4.78, 5) is 60.6. The third kappa shape index (κ3) is 7.96. The number of halogens is 2. The van der Waals surface area contributed by atoms with Gasteiger partial charge in [0.1, 0.15) is 24.0 Å². The highest BCUT2D eigenvalue weighted by atomic mass is 19.3. The van der Waals surface area contributed by atoms with Crippen LogP contribution in [0.25, 0.3) is 16.7 Å². The average molecular weight is 880 g/mol. The SMILES string of the molecule is C[C@H]1CN(C[C@H]2CC[C@H](n3cc(NC(=O)c4cnn5ccc(N6C[C@H]7C[C@@H]6CO7)nc45)c(C(F)F)n3)CC2)CC[C@@H]1OCC#Cc1cccc2c1n(C)c(=O)n2[C@@H]1CCC(=O)NC1=O. The third-order valence-electron chi connectivity index (χ3n) is 13.8. The molecule has 4 aromatic heterocycles. The fraction of sp³-hybridized carbons (Fsp3) is 0.533. The standard InChI is InChI=1S/C45H51F2N11O6/c1-26-21-54(16-14-36(26)63-18-4-6-28-5-3-7-34-40(28)53(2)45(62)58(34)35-12-13-38(59)51-44(35)61)22-27-8-10-29(11-9-27)57-24-33(39(52-57)41(46)47)49-43(60)32-20-48-56-17-15-37(50-42(32)56)55-23-31-19-30(55)25-64-31/h3,5,7,15,17,20,24,26-27,29-31,35-36,41H,8-14,16,18-19,21-23,25H2,1-2H3,(H,49,60)(H,51,59,61)/t26-,27-,29-,30+,31+,35+,36-/m0/s1. The Morgan fingerprint density at radius 2 is 1.92 bits per heavy atom. The number of nitrogens with one attached hydrogen (secondary N) is 2. The first kappa shape index (κ1) is 42.0. The van der Waals surface area contributed by atoms with Gasteiger partial charge in [0.15, 0.2) is 11.3 Å². The molecule has 8 heterocycles. The van der Waals surface area contributed by atoms with Crippen molar-refractivity contribution in [3.05, 3.63) is 70.2 Å². The summed E-state index contributed by atoms with van der Waals surface area (Å²) in [6.45, 7) is 6.55. The molecule has 0 radical (unpaired) electrons. The number of piperidine rings is 2. The van der Waals surface area contributed by atoms with Crippen molar-refractivity contribution in [3.63, 3.8) is 0 Å². The number of anilines is 2. The van der Waals surface area contributed by atoms with Crippen LogP contribution >= 0.6 is 0 Å². The smallest absolute Gasteiger partial charge is 0.329 e. The lowest BCUT2D eigenvalue weighted by Gasteiger charge is -2.39. The summed E-state index contributed by atoms with van der Waals surface area (Å²) in [7, 11) is 1.66. The second kappa shape index (κ2) is 17.2. The zero-order chi connectivity index (χ0) is 44.2. The number of alkyl halides is 2. The maximum atomic E-state index is 14.3. The molecule has 5 aromatic rings. The number of para-hydroxylation sites is 1. The van der Waals surface area contributed by atoms with Crippen LogP contribution in [0.15, 0.2) is 47.7 Å². The minimum absolute atomic E-state index is 0.0114. The predicted molar refractivity (Wildman–Crippen MR) is 230 cm³/mol. The number of carbonyl (C=O) groups excluding carboxylic acids is 3. The Kier molecular flexibility index (Phi) is 11.3. The Labute approximate surface area is 367 Å². The van der Waals surface area contributed by atoms with Crippen molar-refractivity contribution in [1.29, 1.82) is 0 Å². The Morgan fingerprint density at radius 3 is 2.67 bits per heavy atom. The first-order valence-electron chi connectivity index (χ1n) is 22.3. The Bertz CT molecular complexity index is 2740. The van der Waals surface area contributed by atoms with E-state index in [0.717, 1.165) is 70.5 Å². The van der Waals surface area contributed by atoms with Crippen LogP contribution in [0.2, 0.25) is 0 Å². The minimum Gasteiger partial charge on any atom is -0.374 e. The van der Waals surface area contributed by atoms with Gasteiger partial charge in [-0.25, -0.2) is 23.1 Å². The summed E-state index contributed by atoms with van der Waals surface area (Å²) >= 11 is 0. The molecule has 1 aliphatic carbocycles. The summed E-state index contributed by atoms with van der Waals surface area (Å²) in [5.74, 6) is 6.42. The number of imide groups is 1. The molecule has 2 N–H and O–H groups in total. The molecule has 5 aliphatic rings. The van der Waals surface area contributed by atoms with Crippen LogP contribution in [0.4, 0.5) is 20.3 Å². The van der Waals surface area contributed by atoms with Crippen molar-refractivity contribution in [2.45, 2.75) is 95.0 Å². The maximum absolute atomic E-state index is 14.3. The van der Waals surface area contributed by atoms with Crippen molar-refractivity contribution < 1.29 is 32.6 Å². The van der Waals surface area contributed by atoms with E-state index in [4.69, 9.17) is 14.5 Å². The first-order chi connectivity index (χ1) is 31.0. The van der Waals surface area contributed by atoms with Gasteiger partial charge in [-0.05, 0) is 75.0 Å². The molecule has 4 saturated heterocycles. The number of rotatable bonds is 10. The van der Waals surface area contributed by atoms with Gasteiger partial charge in [-0.2, -0.15) is 10.2 Å².